The molecule has 2 heterocycles. The molecule has 1 aliphatic rings. The van der Waals surface area contributed by atoms with Gasteiger partial charge >= 0.3 is 0 Å². The number of aromatic nitrogens is 2. The van der Waals surface area contributed by atoms with Gasteiger partial charge in [-0.25, -0.2) is 9.97 Å². The lowest BCUT2D eigenvalue weighted by Crippen LogP contribution is -2.44. The molecule has 2 aromatic carbocycles. The molecule has 0 aliphatic carbocycles. The summed E-state index contributed by atoms with van der Waals surface area (Å²) in [7, 11) is -2.39. The minimum atomic E-state index is -4.02. The monoisotopic (exact) mass is 502 g/mol. The van der Waals surface area contributed by atoms with Crippen molar-refractivity contribution in [1.82, 2.24) is 15.3 Å². The topological polar surface area (TPSA) is 123 Å². The SMILES string of the molecule is COc1cccc(OCCOc2nccnc2N2CCNCC2)c1.Cc1ccc(S(=O)(=O)O)cc1. The second-order valence-corrected chi connectivity index (χ2v) is 9.01. The fraction of sp³-hybridized carbons (Fsp3) is 0.333. The van der Waals surface area contributed by atoms with Crippen LogP contribution in [-0.2, 0) is 10.1 Å². The van der Waals surface area contributed by atoms with Gasteiger partial charge in [-0.15, -0.1) is 0 Å². The number of nitrogens with zero attached hydrogens (tertiary/aromatic N) is 3. The Bertz CT molecular complexity index is 1170. The second-order valence-electron chi connectivity index (χ2n) is 7.59. The van der Waals surface area contributed by atoms with Crippen LogP contribution in [0.4, 0.5) is 5.82 Å². The Morgan fingerprint density at radius 3 is 2.31 bits per heavy atom. The highest BCUT2D eigenvalue weighted by Gasteiger charge is 2.17. The zero-order valence-corrected chi connectivity index (χ0v) is 20.6. The predicted molar refractivity (Wildman–Crippen MR) is 132 cm³/mol. The molecule has 0 amide bonds. The zero-order chi connectivity index (χ0) is 25.1. The van der Waals surface area contributed by atoms with E-state index in [-0.39, 0.29) is 4.90 Å². The van der Waals surface area contributed by atoms with E-state index in [0.29, 0.717) is 19.1 Å². The minimum absolute atomic E-state index is 0.0666. The van der Waals surface area contributed by atoms with Gasteiger partial charge in [0.05, 0.1) is 12.0 Å². The molecule has 3 aromatic rings. The summed E-state index contributed by atoms with van der Waals surface area (Å²) in [4.78, 5) is 10.8. The fourth-order valence-electron chi connectivity index (χ4n) is 3.21. The first-order chi connectivity index (χ1) is 16.9. The van der Waals surface area contributed by atoms with Crippen molar-refractivity contribution >= 4 is 15.9 Å². The van der Waals surface area contributed by atoms with E-state index in [1.807, 2.05) is 31.2 Å². The van der Waals surface area contributed by atoms with Crippen molar-refractivity contribution in [3.05, 3.63) is 66.5 Å². The number of ether oxygens (including phenoxy) is 3. The van der Waals surface area contributed by atoms with Crippen LogP contribution in [0.3, 0.4) is 0 Å². The van der Waals surface area contributed by atoms with Gasteiger partial charge in [0, 0.05) is 44.6 Å². The normalized spacial score (nSPS) is 13.4. The summed E-state index contributed by atoms with van der Waals surface area (Å²) in [5.74, 6) is 2.86. The fourth-order valence-corrected chi connectivity index (χ4v) is 3.69. The number of piperazine rings is 1. The van der Waals surface area contributed by atoms with Crippen molar-refractivity contribution in [3.8, 4) is 17.4 Å². The number of benzene rings is 2. The first-order valence-corrected chi connectivity index (χ1v) is 12.5. The maximum Gasteiger partial charge on any atom is 0.294 e. The molecule has 1 aliphatic heterocycles. The molecule has 0 atom stereocenters. The molecule has 1 fully saturated rings. The van der Waals surface area contributed by atoms with Crippen molar-refractivity contribution in [2.75, 3.05) is 51.4 Å². The Morgan fingerprint density at radius 2 is 1.63 bits per heavy atom. The van der Waals surface area contributed by atoms with Gasteiger partial charge in [-0.3, -0.25) is 4.55 Å². The van der Waals surface area contributed by atoms with Crippen LogP contribution in [-0.4, -0.2) is 69.4 Å². The van der Waals surface area contributed by atoms with Crippen molar-refractivity contribution in [3.63, 3.8) is 0 Å². The largest absolute Gasteiger partial charge is 0.497 e. The Kier molecular flexibility index (Phi) is 9.65. The lowest BCUT2D eigenvalue weighted by molar-refractivity contribution is 0.211. The van der Waals surface area contributed by atoms with Crippen molar-refractivity contribution in [2.24, 2.45) is 0 Å². The van der Waals surface area contributed by atoms with E-state index < -0.39 is 10.1 Å². The Hall–Kier alpha value is -3.41. The highest BCUT2D eigenvalue weighted by atomic mass is 32.2. The number of anilines is 1. The van der Waals surface area contributed by atoms with Crippen LogP contribution in [0.1, 0.15) is 5.56 Å². The van der Waals surface area contributed by atoms with Crippen LogP contribution in [0, 0.1) is 6.92 Å². The first kappa shape index (κ1) is 26.2. The number of nitrogens with one attached hydrogen (secondary N) is 1. The van der Waals surface area contributed by atoms with Crippen LogP contribution in [0.15, 0.2) is 65.8 Å². The maximum atomic E-state index is 10.5. The first-order valence-electron chi connectivity index (χ1n) is 11.1. The molecule has 0 bridgehead atoms. The summed E-state index contributed by atoms with van der Waals surface area (Å²) in [5.41, 5.74) is 0.956. The quantitative estimate of drug-likeness (QED) is 0.351. The lowest BCUT2D eigenvalue weighted by atomic mass is 10.2. The van der Waals surface area contributed by atoms with Gasteiger partial charge in [0.25, 0.3) is 16.0 Å². The van der Waals surface area contributed by atoms with Crippen LogP contribution in [0.5, 0.6) is 17.4 Å². The average molecular weight is 503 g/mol. The molecule has 11 heteroatoms. The smallest absolute Gasteiger partial charge is 0.294 e. The lowest BCUT2D eigenvalue weighted by Gasteiger charge is -2.28. The van der Waals surface area contributed by atoms with E-state index in [9.17, 15) is 8.42 Å². The van der Waals surface area contributed by atoms with Gasteiger partial charge in [0.15, 0.2) is 5.82 Å². The third kappa shape index (κ3) is 8.39. The summed E-state index contributed by atoms with van der Waals surface area (Å²) in [6.45, 7) is 6.34. The van der Waals surface area contributed by atoms with Crippen molar-refractivity contribution < 1.29 is 27.2 Å². The molecule has 1 saturated heterocycles. The van der Waals surface area contributed by atoms with Gasteiger partial charge in [-0.2, -0.15) is 8.42 Å². The van der Waals surface area contributed by atoms with Gasteiger partial charge in [-0.05, 0) is 31.2 Å². The maximum absolute atomic E-state index is 10.5. The number of hydrogen-bond acceptors (Lipinski definition) is 9. The Labute approximate surface area is 205 Å². The number of aryl methyl sites for hydroxylation is 1. The molecule has 35 heavy (non-hydrogen) atoms. The van der Waals surface area contributed by atoms with Gasteiger partial charge in [0.2, 0.25) is 0 Å². The molecule has 1 aromatic heterocycles. The molecule has 4 rings (SSSR count). The number of hydrogen-bond donors (Lipinski definition) is 2. The third-order valence-electron chi connectivity index (χ3n) is 5.01. The molecule has 0 saturated carbocycles. The predicted octanol–water partition coefficient (Wildman–Crippen LogP) is 2.59. The summed E-state index contributed by atoms with van der Waals surface area (Å²) >= 11 is 0. The number of rotatable bonds is 8. The van der Waals surface area contributed by atoms with E-state index in [4.69, 9.17) is 18.8 Å². The molecular weight excluding hydrogens is 472 g/mol. The minimum Gasteiger partial charge on any atom is -0.497 e. The van der Waals surface area contributed by atoms with Crippen LogP contribution < -0.4 is 24.4 Å². The number of methoxy groups -OCH3 is 1. The molecule has 188 valence electrons. The highest BCUT2D eigenvalue weighted by molar-refractivity contribution is 7.85. The van der Waals surface area contributed by atoms with Crippen LogP contribution >= 0.6 is 0 Å². The average Bonchev–Trinajstić information content (AvgIpc) is 2.88. The summed E-state index contributed by atoms with van der Waals surface area (Å²) in [6.07, 6.45) is 3.33. The summed E-state index contributed by atoms with van der Waals surface area (Å²) in [6, 6.07) is 13.5. The van der Waals surface area contributed by atoms with Crippen molar-refractivity contribution in [1.29, 1.82) is 0 Å². The van der Waals surface area contributed by atoms with Gasteiger partial charge in [0.1, 0.15) is 24.7 Å². The van der Waals surface area contributed by atoms with E-state index >= 15 is 0 Å². The second kappa shape index (κ2) is 12.9. The van der Waals surface area contributed by atoms with Gasteiger partial charge in [-0.1, -0.05) is 23.8 Å². The van der Waals surface area contributed by atoms with Crippen LogP contribution in [0.2, 0.25) is 0 Å². The molecule has 2 N–H and O–H groups in total. The van der Waals surface area contributed by atoms with E-state index in [0.717, 1.165) is 49.1 Å². The van der Waals surface area contributed by atoms with Crippen LogP contribution in [0.25, 0.3) is 0 Å². The molecule has 0 spiro atoms. The van der Waals surface area contributed by atoms with Gasteiger partial charge < -0.3 is 24.4 Å². The molecular formula is C24H30N4O6S. The summed E-state index contributed by atoms with van der Waals surface area (Å²) in [5, 5.41) is 3.32. The standard InChI is InChI=1S/C17H22N4O3.C7H8O3S/c1-22-14-3-2-4-15(13-14)23-11-12-24-17-16(19-5-6-20-17)21-9-7-18-8-10-21;1-6-2-4-7(5-3-6)11(8,9)10/h2-6,13,18H,7-12H2,1H3;2-5H,1H3,(H,8,9,10). The van der Waals surface area contributed by atoms with E-state index in [2.05, 4.69) is 20.2 Å². The zero-order valence-electron chi connectivity index (χ0n) is 19.8. The summed E-state index contributed by atoms with van der Waals surface area (Å²) < 4.78 is 46.2. The van der Waals surface area contributed by atoms with E-state index in [1.165, 1.54) is 12.1 Å². The van der Waals surface area contributed by atoms with E-state index in [1.54, 1.807) is 31.6 Å². The molecule has 0 unspecified atom stereocenters. The highest BCUT2D eigenvalue weighted by Crippen LogP contribution is 2.23. The third-order valence-corrected chi connectivity index (χ3v) is 5.88. The molecule has 0 radical (unpaired) electrons. The van der Waals surface area contributed by atoms with Crippen molar-refractivity contribution in [2.45, 2.75) is 11.8 Å². The Morgan fingerprint density at radius 1 is 0.971 bits per heavy atom. The molecule has 10 nitrogen and oxygen atoms in total. The Balaban J connectivity index is 0.000000261.